The summed E-state index contributed by atoms with van der Waals surface area (Å²) in [4.78, 5) is 24.2. The fourth-order valence-electron chi connectivity index (χ4n) is 5.27. The van der Waals surface area contributed by atoms with Crippen molar-refractivity contribution >= 4 is 11.8 Å². The van der Waals surface area contributed by atoms with Crippen LogP contribution in [0, 0.1) is 12.8 Å². The Morgan fingerprint density at radius 3 is 2.68 bits per heavy atom. The third-order valence-electron chi connectivity index (χ3n) is 6.93. The number of aryl methyl sites for hydroxylation is 1. The number of nitrogens with one attached hydrogen (secondary N) is 1. The molecule has 0 saturated carbocycles. The van der Waals surface area contributed by atoms with Crippen molar-refractivity contribution in [2.75, 3.05) is 32.1 Å². The van der Waals surface area contributed by atoms with Gasteiger partial charge in [-0.3, -0.25) is 10.2 Å². The van der Waals surface area contributed by atoms with Crippen molar-refractivity contribution in [2.45, 2.75) is 31.7 Å². The van der Waals surface area contributed by atoms with Crippen molar-refractivity contribution in [3.8, 4) is 17.0 Å². The van der Waals surface area contributed by atoms with Gasteiger partial charge in [0.25, 0.3) is 0 Å². The quantitative estimate of drug-likeness (QED) is 0.567. The van der Waals surface area contributed by atoms with Crippen LogP contribution >= 0.6 is 0 Å². The summed E-state index contributed by atoms with van der Waals surface area (Å²) in [6.07, 6.45) is 1.72. The summed E-state index contributed by atoms with van der Waals surface area (Å²) in [6.45, 7) is 4.29. The number of aromatic nitrogens is 2. The van der Waals surface area contributed by atoms with Crippen LogP contribution in [0.15, 0.2) is 60.7 Å². The molecule has 7 nitrogen and oxygen atoms in total. The Hall–Kier alpha value is -3.45. The standard InChI is InChI=1S/C27H30N4O3/c1-18-28-24(22-10-6-7-11-26(22)33-2)15-25(29-18)23-16-31-13-12-19(23)14-21(31)17-34-27(32)30-20-8-4-3-5-9-20/h3-11,15,19,21,23H,12-14,16-17H2,1-2H3,(H,30,32)/t19-,21+,23+/m0/s1. The molecule has 176 valence electrons. The van der Waals surface area contributed by atoms with Crippen molar-refractivity contribution in [3.05, 3.63) is 72.2 Å². The van der Waals surface area contributed by atoms with Crippen LogP contribution in [0.2, 0.25) is 0 Å². The second-order valence-corrected chi connectivity index (χ2v) is 9.05. The molecule has 3 aliphatic rings. The van der Waals surface area contributed by atoms with Gasteiger partial charge in [-0.15, -0.1) is 0 Å². The lowest BCUT2D eigenvalue weighted by Crippen LogP contribution is -2.54. The summed E-state index contributed by atoms with van der Waals surface area (Å²) in [5, 5.41) is 2.79. The third kappa shape index (κ3) is 4.75. The summed E-state index contributed by atoms with van der Waals surface area (Å²) in [5.41, 5.74) is 3.70. The molecule has 7 heteroatoms. The molecule has 0 aliphatic carbocycles. The number of methoxy groups -OCH3 is 1. The van der Waals surface area contributed by atoms with E-state index in [1.54, 1.807) is 7.11 Å². The molecule has 2 bridgehead atoms. The number of piperidine rings is 3. The molecular formula is C27H30N4O3. The summed E-state index contributed by atoms with van der Waals surface area (Å²) >= 11 is 0. The summed E-state index contributed by atoms with van der Waals surface area (Å²) in [5.74, 6) is 2.44. The molecule has 1 aromatic heterocycles. The number of anilines is 1. The number of ether oxygens (including phenoxy) is 2. The van der Waals surface area contributed by atoms with Crippen molar-refractivity contribution in [1.29, 1.82) is 0 Å². The first-order valence-corrected chi connectivity index (χ1v) is 11.8. The second kappa shape index (κ2) is 9.81. The minimum atomic E-state index is -0.404. The minimum Gasteiger partial charge on any atom is -0.496 e. The smallest absolute Gasteiger partial charge is 0.411 e. The van der Waals surface area contributed by atoms with E-state index >= 15 is 0 Å². The average Bonchev–Trinajstić information content (AvgIpc) is 2.88. The molecule has 2 aromatic carbocycles. The summed E-state index contributed by atoms with van der Waals surface area (Å²) < 4.78 is 11.1. The predicted octanol–water partition coefficient (Wildman–Crippen LogP) is 4.89. The van der Waals surface area contributed by atoms with Crippen LogP contribution in [-0.4, -0.2) is 53.8 Å². The SMILES string of the molecule is COc1ccccc1-c1cc([C@@H]2CN3CC[C@H]2C[C@@H]3COC(=O)Nc2ccccc2)nc(C)n1. The first-order chi connectivity index (χ1) is 16.6. The van der Waals surface area contributed by atoms with Gasteiger partial charge in [0.1, 0.15) is 18.2 Å². The normalized spacial score (nSPS) is 23.4. The minimum absolute atomic E-state index is 0.244. The molecular weight excluding hydrogens is 428 g/mol. The van der Waals surface area contributed by atoms with E-state index in [0.717, 1.165) is 60.1 Å². The zero-order chi connectivity index (χ0) is 23.5. The highest BCUT2D eigenvalue weighted by atomic mass is 16.5. The van der Waals surface area contributed by atoms with Crippen molar-refractivity contribution in [2.24, 2.45) is 5.92 Å². The fraction of sp³-hybridized carbons (Fsp3) is 0.370. The van der Waals surface area contributed by atoms with Gasteiger partial charge < -0.3 is 9.47 Å². The number of benzene rings is 2. The molecule has 3 fully saturated rings. The van der Waals surface area contributed by atoms with Gasteiger partial charge in [-0.05, 0) is 62.6 Å². The molecule has 3 aromatic rings. The van der Waals surface area contributed by atoms with E-state index in [1.807, 2.05) is 61.5 Å². The van der Waals surface area contributed by atoms with E-state index in [1.165, 1.54) is 0 Å². The Morgan fingerprint density at radius 1 is 1.12 bits per heavy atom. The molecule has 0 spiro atoms. The number of amides is 1. The van der Waals surface area contributed by atoms with E-state index in [-0.39, 0.29) is 6.04 Å². The van der Waals surface area contributed by atoms with Gasteiger partial charge in [0.2, 0.25) is 0 Å². The highest BCUT2D eigenvalue weighted by molar-refractivity contribution is 5.84. The first kappa shape index (κ1) is 22.3. The molecule has 1 unspecified atom stereocenters. The van der Waals surface area contributed by atoms with Gasteiger partial charge >= 0.3 is 6.09 Å². The maximum absolute atomic E-state index is 12.2. The van der Waals surface area contributed by atoms with E-state index in [0.29, 0.717) is 18.4 Å². The van der Waals surface area contributed by atoms with E-state index in [2.05, 4.69) is 16.3 Å². The molecule has 1 N–H and O–H groups in total. The predicted molar refractivity (Wildman–Crippen MR) is 131 cm³/mol. The van der Waals surface area contributed by atoms with Gasteiger partial charge in [0.05, 0.1) is 12.8 Å². The average molecular weight is 459 g/mol. The Labute approximate surface area is 200 Å². The topological polar surface area (TPSA) is 76.6 Å². The largest absolute Gasteiger partial charge is 0.496 e. The van der Waals surface area contributed by atoms with Crippen LogP contribution in [0.25, 0.3) is 11.3 Å². The zero-order valence-corrected chi connectivity index (χ0v) is 19.6. The monoisotopic (exact) mass is 458 g/mol. The molecule has 0 radical (unpaired) electrons. The number of para-hydroxylation sites is 2. The van der Waals surface area contributed by atoms with Crippen molar-refractivity contribution in [1.82, 2.24) is 14.9 Å². The van der Waals surface area contributed by atoms with Crippen LogP contribution in [0.3, 0.4) is 0 Å². The lowest BCUT2D eigenvalue weighted by atomic mass is 9.74. The van der Waals surface area contributed by atoms with Crippen LogP contribution in [-0.2, 0) is 4.74 Å². The summed E-state index contributed by atoms with van der Waals surface area (Å²) in [7, 11) is 1.68. The van der Waals surface area contributed by atoms with Crippen LogP contribution in [0.1, 0.15) is 30.3 Å². The van der Waals surface area contributed by atoms with E-state index in [9.17, 15) is 4.79 Å². The molecule has 3 aliphatic heterocycles. The molecule has 4 atom stereocenters. The lowest BCUT2D eigenvalue weighted by Gasteiger charge is -2.49. The van der Waals surface area contributed by atoms with E-state index < -0.39 is 6.09 Å². The Morgan fingerprint density at radius 2 is 1.91 bits per heavy atom. The Kier molecular flexibility index (Phi) is 6.45. The maximum atomic E-state index is 12.2. The zero-order valence-electron chi connectivity index (χ0n) is 19.6. The van der Waals surface area contributed by atoms with Gasteiger partial charge in [0.15, 0.2) is 0 Å². The number of fused-ring (bicyclic) bond motifs is 3. The highest BCUT2D eigenvalue weighted by Gasteiger charge is 2.42. The maximum Gasteiger partial charge on any atom is 0.411 e. The number of nitrogens with zero attached hydrogens (tertiary/aromatic N) is 3. The number of hydrogen-bond acceptors (Lipinski definition) is 6. The lowest BCUT2D eigenvalue weighted by molar-refractivity contribution is -0.00151. The van der Waals surface area contributed by atoms with Crippen molar-refractivity contribution in [3.63, 3.8) is 0 Å². The third-order valence-corrected chi connectivity index (χ3v) is 6.93. The van der Waals surface area contributed by atoms with Gasteiger partial charge in [-0.1, -0.05) is 30.3 Å². The van der Waals surface area contributed by atoms with Crippen LogP contribution in [0.5, 0.6) is 5.75 Å². The molecule has 6 rings (SSSR count). The second-order valence-electron chi connectivity index (χ2n) is 9.05. The van der Waals surface area contributed by atoms with Crippen LogP contribution < -0.4 is 10.1 Å². The molecule has 4 heterocycles. The number of rotatable bonds is 6. The van der Waals surface area contributed by atoms with Crippen molar-refractivity contribution < 1.29 is 14.3 Å². The Balaban J connectivity index is 1.26. The van der Waals surface area contributed by atoms with Gasteiger partial charge in [-0.25, -0.2) is 14.8 Å². The molecule has 1 amide bonds. The van der Waals surface area contributed by atoms with Gasteiger partial charge in [-0.2, -0.15) is 0 Å². The molecule has 3 saturated heterocycles. The number of hydrogen-bond donors (Lipinski definition) is 1. The Bertz CT molecular complexity index is 1150. The van der Waals surface area contributed by atoms with Gasteiger partial charge in [0, 0.05) is 35.4 Å². The highest BCUT2D eigenvalue weighted by Crippen LogP contribution is 2.42. The van der Waals surface area contributed by atoms with E-state index in [4.69, 9.17) is 19.4 Å². The number of carbonyl (C=O) groups excluding carboxylic acids is 1. The first-order valence-electron chi connectivity index (χ1n) is 11.8. The van der Waals surface area contributed by atoms with Crippen LogP contribution in [0.4, 0.5) is 10.5 Å². The molecule has 34 heavy (non-hydrogen) atoms. The number of carbonyl (C=O) groups is 1. The summed E-state index contributed by atoms with van der Waals surface area (Å²) in [6, 6.07) is 19.7. The fourth-order valence-corrected chi connectivity index (χ4v) is 5.27.